The lowest BCUT2D eigenvalue weighted by atomic mass is 10.2. The lowest BCUT2D eigenvalue weighted by Gasteiger charge is -2.24. The van der Waals surface area contributed by atoms with Crippen molar-refractivity contribution in [2.45, 2.75) is 32.6 Å². The summed E-state index contributed by atoms with van der Waals surface area (Å²) in [4.78, 5) is 13.1. The number of nitrogens with zero attached hydrogens (tertiary/aromatic N) is 3. The third-order valence-corrected chi connectivity index (χ3v) is 8.67. The van der Waals surface area contributed by atoms with Crippen molar-refractivity contribution < 1.29 is 17.9 Å². The zero-order valence-corrected chi connectivity index (χ0v) is 25.4. The number of halogens is 2. The van der Waals surface area contributed by atoms with Crippen LogP contribution >= 0.6 is 23.2 Å². The molecule has 0 saturated carbocycles. The Morgan fingerprint density at radius 2 is 1.68 bits per heavy atom. The van der Waals surface area contributed by atoms with E-state index in [1.807, 2.05) is 44.4 Å². The van der Waals surface area contributed by atoms with E-state index in [-0.39, 0.29) is 4.90 Å². The van der Waals surface area contributed by atoms with E-state index in [0.29, 0.717) is 28.1 Å². The second-order valence-electron chi connectivity index (χ2n) is 9.30. The monoisotopic (exact) mass is 612 g/mol. The molecule has 1 N–H and O–H groups in total. The van der Waals surface area contributed by atoms with E-state index in [2.05, 4.69) is 10.5 Å². The van der Waals surface area contributed by atoms with Gasteiger partial charge in [-0.1, -0.05) is 40.9 Å². The van der Waals surface area contributed by atoms with E-state index in [9.17, 15) is 13.2 Å². The van der Waals surface area contributed by atoms with Crippen LogP contribution in [0.3, 0.4) is 0 Å². The number of carbonyl (C=O) groups excluding carboxylic acids is 1. The van der Waals surface area contributed by atoms with Gasteiger partial charge in [-0.05, 0) is 88.4 Å². The van der Waals surface area contributed by atoms with Crippen LogP contribution in [-0.4, -0.2) is 38.3 Å². The molecule has 8 nitrogen and oxygen atoms in total. The van der Waals surface area contributed by atoms with Gasteiger partial charge in [0, 0.05) is 22.0 Å². The number of benzene rings is 3. The van der Waals surface area contributed by atoms with Crippen LogP contribution in [0, 0.1) is 20.8 Å². The van der Waals surface area contributed by atoms with Gasteiger partial charge in [0.2, 0.25) is 0 Å². The number of hydrogen-bond donors (Lipinski definition) is 1. The summed E-state index contributed by atoms with van der Waals surface area (Å²) >= 11 is 12.5. The topological polar surface area (TPSA) is 93.0 Å². The molecule has 0 saturated heterocycles. The SMILES string of the molecule is CCOc1ccc(N(CC(=O)N/N=C\c2cc(C)n(-c3ccc(Cl)cc3Cl)c2C)S(=O)(=O)c2ccc(C)cc2)cc1. The van der Waals surface area contributed by atoms with E-state index in [1.165, 1.54) is 18.3 Å². The molecule has 0 fully saturated rings. The second kappa shape index (κ2) is 12.8. The Bertz CT molecular complexity index is 1680. The smallest absolute Gasteiger partial charge is 0.264 e. The largest absolute Gasteiger partial charge is 0.494 e. The number of aryl methyl sites for hydroxylation is 2. The summed E-state index contributed by atoms with van der Waals surface area (Å²) in [7, 11) is -4.06. The molecule has 0 unspecified atom stereocenters. The second-order valence-corrected chi connectivity index (χ2v) is 12.0. The quantitative estimate of drug-likeness (QED) is 0.164. The van der Waals surface area contributed by atoms with Gasteiger partial charge >= 0.3 is 0 Å². The summed E-state index contributed by atoms with van der Waals surface area (Å²) in [5.74, 6) is -0.0177. The lowest BCUT2D eigenvalue weighted by Crippen LogP contribution is -2.39. The van der Waals surface area contributed by atoms with Gasteiger partial charge in [0.15, 0.2) is 0 Å². The summed E-state index contributed by atoms with van der Waals surface area (Å²) in [5, 5.41) is 5.14. The number of hydrazone groups is 1. The van der Waals surface area contributed by atoms with Crippen molar-refractivity contribution in [3.63, 3.8) is 0 Å². The van der Waals surface area contributed by atoms with Gasteiger partial charge in [0.25, 0.3) is 15.9 Å². The minimum Gasteiger partial charge on any atom is -0.494 e. The van der Waals surface area contributed by atoms with Gasteiger partial charge in [-0.2, -0.15) is 5.10 Å². The normalized spacial score (nSPS) is 11.6. The van der Waals surface area contributed by atoms with Crippen LogP contribution in [-0.2, 0) is 14.8 Å². The summed E-state index contributed by atoms with van der Waals surface area (Å²) in [6.07, 6.45) is 1.51. The van der Waals surface area contributed by atoms with Crippen molar-refractivity contribution in [1.82, 2.24) is 9.99 Å². The van der Waals surface area contributed by atoms with Crippen molar-refractivity contribution in [2.75, 3.05) is 17.5 Å². The molecule has 1 aromatic heterocycles. The summed E-state index contributed by atoms with van der Waals surface area (Å²) < 4.78 is 35.7. The number of ether oxygens (including phenoxy) is 1. The fourth-order valence-corrected chi connectivity index (χ4v) is 6.23. The first-order valence-corrected chi connectivity index (χ1v) is 15.0. The first-order valence-electron chi connectivity index (χ1n) is 12.8. The Labute approximate surface area is 250 Å². The molecule has 1 amide bonds. The van der Waals surface area contributed by atoms with Gasteiger partial charge in [-0.25, -0.2) is 13.8 Å². The number of amides is 1. The van der Waals surface area contributed by atoms with Crippen molar-refractivity contribution in [2.24, 2.45) is 5.10 Å². The number of rotatable bonds is 10. The van der Waals surface area contributed by atoms with Crippen molar-refractivity contribution in [3.8, 4) is 11.4 Å². The van der Waals surface area contributed by atoms with Gasteiger partial charge in [0.05, 0.1) is 34.1 Å². The number of carbonyl (C=O) groups is 1. The van der Waals surface area contributed by atoms with Crippen LogP contribution in [0.1, 0.15) is 29.4 Å². The predicted molar refractivity (Wildman–Crippen MR) is 164 cm³/mol. The zero-order valence-electron chi connectivity index (χ0n) is 23.1. The minimum atomic E-state index is -4.06. The fraction of sp³-hybridized carbons (Fsp3) is 0.200. The van der Waals surface area contributed by atoms with Gasteiger partial charge in [-0.3, -0.25) is 9.10 Å². The summed E-state index contributed by atoms with van der Waals surface area (Å²) in [6, 6.07) is 20.2. The van der Waals surface area contributed by atoms with E-state index < -0.39 is 22.5 Å². The number of hydrogen-bond acceptors (Lipinski definition) is 5. The highest BCUT2D eigenvalue weighted by Gasteiger charge is 2.27. The predicted octanol–water partition coefficient (Wildman–Crippen LogP) is 6.45. The third kappa shape index (κ3) is 6.93. The van der Waals surface area contributed by atoms with E-state index in [4.69, 9.17) is 27.9 Å². The molecule has 0 radical (unpaired) electrons. The Kier molecular flexibility index (Phi) is 9.42. The first kappa shape index (κ1) is 30.2. The van der Waals surface area contributed by atoms with E-state index >= 15 is 0 Å². The molecule has 4 aromatic rings. The molecule has 11 heteroatoms. The maximum absolute atomic E-state index is 13.6. The fourth-order valence-electron chi connectivity index (χ4n) is 4.32. The molecule has 0 aliphatic carbocycles. The van der Waals surface area contributed by atoms with Crippen LogP contribution in [0.2, 0.25) is 10.0 Å². The highest BCUT2D eigenvalue weighted by molar-refractivity contribution is 7.92. The van der Waals surface area contributed by atoms with Gasteiger partial charge in [0.1, 0.15) is 12.3 Å². The highest BCUT2D eigenvalue weighted by atomic mass is 35.5. The number of anilines is 1. The molecular formula is C30H30Cl2N4O4S. The molecule has 0 aliphatic heterocycles. The van der Waals surface area contributed by atoms with Crippen molar-refractivity contribution in [1.29, 1.82) is 0 Å². The summed E-state index contributed by atoms with van der Waals surface area (Å²) in [5.41, 5.74) is 6.97. The van der Waals surface area contributed by atoms with Crippen molar-refractivity contribution in [3.05, 3.63) is 105 Å². The molecule has 41 heavy (non-hydrogen) atoms. The molecule has 3 aromatic carbocycles. The maximum atomic E-state index is 13.6. The molecule has 0 spiro atoms. The third-order valence-electron chi connectivity index (χ3n) is 6.35. The van der Waals surface area contributed by atoms with Crippen LogP contribution in [0.15, 0.2) is 82.8 Å². The Balaban J connectivity index is 1.56. The first-order chi connectivity index (χ1) is 19.5. The minimum absolute atomic E-state index is 0.0709. The Morgan fingerprint density at radius 1 is 1.00 bits per heavy atom. The highest BCUT2D eigenvalue weighted by Crippen LogP contribution is 2.29. The van der Waals surface area contributed by atoms with Crippen molar-refractivity contribution >= 4 is 51.0 Å². The average Bonchev–Trinajstić information content (AvgIpc) is 3.20. The van der Waals surface area contributed by atoms with Crippen LogP contribution in [0.4, 0.5) is 5.69 Å². The van der Waals surface area contributed by atoms with E-state index in [0.717, 1.165) is 32.5 Å². The zero-order chi connectivity index (χ0) is 29.7. The molecule has 214 valence electrons. The van der Waals surface area contributed by atoms with Crippen LogP contribution in [0.25, 0.3) is 5.69 Å². The average molecular weight is 614 g/mol. The number of aromatic nitrogens is 1. The standard InChI is InChI=1S/C30H30Cl2N4O4S/c1-5-40-26-11-9-25(10-12-26)35(41(38,39)27-13-6-20(2)7-14-27)19-30(37)34-33-18-23-16-21(3)36(22(23)4)29-15-8-24(31)17-28(29)32/h6-18H,5,19H2,1-4H3,(H,34,37)/b33-18-. The molecular weight excluding hydrogens is 583 g/mol. The molecule has 0 bridgehead atoms. The molecule has 0 atom stereocenters. The molecule has 0 aliphatic rings. The Hall–Kier alpha value is -3.79. The maximum Gasteiger partial charge on any atom is 0.264 e. The van der Waals surface area contributed by atoms with Crippen LogP contribution in [0.5, 0.6) is 5.75 Å². The van der Waals surface area contributed by atoms with Gasteiger partial charge in [-0.15, -0.1) is 0 Å². The molecule has 1 heterocycles. The molecule has 4 rings (SSSR count). The van der Waals surface area contributed by atoms with Crippen LogP contribution < -0.4 is 14.5 Å². The Morgan fingerprint density at radius 3 is 2.32 bits per heavy atom. The summed E-state index contributed by atoms with van der Waals surface area (Å²) in [6.45, 7) is 7.55. The van der Waals surface area contributed by atoms with Gasteiger partial charge < -0.3 is 9.30 Å². The number of sulfonamides is 1. The number of nitrogens with one attached hydrogen (secondary N) is 1. The lowest BCUT2D eigenvalue weighted by molar-refractivity contribution is -0.119. The van der Waals surface area contributed by atoms with E-state index in [1.54, 1.807) is 48.5 Å².